The first-order valence-corrected chi connectivity index (χ1v) is 10.6. The molecular weight excluding hydrogens is 340 g/mol. The lowest BCUT2D eigenvalue weighted by Crippen LogP contribution is -2.41. The fraction of sp³-hybridized carbons (Fsp3) is 0.500. The molecule has 0 aliphatic carbocycles. The molecule has 22 heavy (non-hydrogen) atoms. The number of ether oxygens (including phenoxy) is 1. The number of hydrogen-bond donors (Lipinski definition) is 0. The molecule has 1 aromatic carbocycles. The van der Waals surface area contributed by atoms with Crippen molar-refractivity contribution in [3.05, 3.63) is 24.3 Å². The number of thiazole rings is 1. The van der Waals surface area contributed by atoms with Gasteiger partial charge in [-0.05, 0) is 18.6 Å². The summed E-state index contributed by atoms with van der Waals surface area (Å²) in [5.74, 6) is 0.967. The molecule has 1 aromatic heterocycles. The van der Waals surface area contributed by atoms with Gasteiger partial charge in [-0.3, -0.25) is 0 Å². The Hall–Kier alpha value is -0.670. The van der Waals surface area contributed by atoms with Crippen LogP contribution in [0, 0.1) is 0 Å². The third kappa shape index (κ3) is 3.99. The van der Waals surface area contributed by atoms with Gasteiger partial charge in [-0.1, -0.05) is 23.9 Å². The van der Waals surface area contributed by atoms with E-state index in [4.69, 9.17) is 4.74 Å². The molecule has 2 aromatic rings. The Morgan fingerprint density at radius 1 is 1.27 bits per heavy atom. The summed E-state index contributed by atoms with van der Waals surface area (Å²) in [5, 5.41) is 0. The van der Waals surface area contributed by atoms with E-state index in [-0.39, 0.29) is 5.75 Å². The average Bonchev–Trinajstić information content (AvgIpc) is 2.95. The molecule has 0 unspecified atom stereocenters. The van der Waals surface area contributed by atoms with Gasteiger partial charge in [0.15, 0.2) is 4.34 Å². The van der Waals surface area contributed by atoms with Gasteiger partial charge in [0.25, 0.3) is 0 Å². The van der Waals surface area contributed by atoms with Gasteiger partial charge in [0, 0.05) is 18.8 Å². The highest BCUT2D eigenvalue weighted by molar-refractivity contribution is 8.01. The molecule has 1 saturated heterocycles. The Kier molecular flexibility index (Phi) is 5.35. The standard InChI is InChI=1S/C14H18N2O3S3/c17-22(18,16-6-8-19-9-7-16)11-3-10-20-14-15-12-4-1-2-5-13(12)21-14/h1-2,4-5H,3,6-11H2. The second-order valence-corrected chi connectivity index (χ2v) is 9.44. The van der Waals surface area contributed by atoms with Gasteiger partial charge in [0.05, 0.1) is 29.2 Å². The van der Waals surface area contributed by atoms with Crippen molar-refractivity contribution in [1.82, 2.24) is 9.29 Å². The van der Waals surface area contributed by atoms with Crippen molar-refractivity contribution in [2.24, 2.45) is 0 Å². The van der Waals surface area contributed by atoms with Gasteiger partial charge < -0.3 is 4.74 Å². The lowest BCUT2D eigenvalue weighted by molar-refractivity contribution is 0.0730. The predicted molar refractivity (Wildman–Crippen MR) is 91.1 cm³/mol. The van der Waals surface area contributed by atoms with Crippen LogP contribution in [-0.4, -0.2) is 55.5 Å². The SMILES string of the molecule is O=S(=O)(CCCSc1nc2ccccc2s1)N1CCOCC1. The van der Waals surface area contributed by atoms with Crippen LogP contribution < -0.4 is 0 Å². The minimum Gasteiger partial charge on any atom is -0.379 e. The second-order valence-electron chi connectivity index (χ2n) is 4.98. The van der Waals surface area contributed by atoms with E-state index in [1.54, 1.807) is 27.4 Å². The average molecular weight is 359 g/mol. The molecule has 0 atom stereocenters. The van der Waals surface area contributed by atoms with Crippen LogP contribution in [0.25, 0.3) is 10.2 Å². The van der Waals surface area contributed by atoms with E-state index in [0.29, 0.717) is 32.7 Å². The Bertz CT molecular complexity index is 691. The quantitative estimate of drug-likeness (QED) is 0.586. The zero-order chi connectivity index (χ0) is 15.4. The van der Waals surface area contributed by atoms with E-state index < -0.39 is 10.0 Å². The van der Waals surface area contributed by atoms with E-state index in [1.165, 1.54) is 4.70 Å². The molecule has 1 aliphatic rings. The topological polar surface area (TPSA) is 59.5 Å². The monoisotopic (exact) mass is 358 g/mol. The molecule has 0 spiro atoms. The van der Waals surface area contributed by atoms with Crippen molar-refractivity contribution in [2.75, 3.05) is 37.8 Å². The van der Waals surface area contributed by atoms with E-state index in [1.807, 2.05) is 18.2 Å². The maximum Gasteiger partial charge on any atom is 0.214 e. The molecule has 120 valence electrons. The maximum atomic E-state index is 12.2. The molecule has 3 rings (SSSR count). The fourth-order valence-corrected chi connectivity index (χ4v) is 6.00. The number of para-hydroxylation sites is 1. The number of sulfonamides is 1. The second kappa shape index (κ2) is 7.27. The number of fused-ring (bicyclic) bond motifs is 1. The van der Waals surface area contributed by atoms with E-state index >= 15 is 0 Å². The highest BCUT2D eigenvalue weighted by Crippen LogP contribution is 2.29. The molecule has 0 bridgehead atoms. The first-order chi connectivity index (χ1) is 10.6. The Morgan fingerprint density at radius 3 is 2.82 bits per heavy atom. The minimum atomic E-state index is -3.14. The maximum absolute atomic E-state index is 12.2. The van der Waals surface area contributed by atoms with Crippen molar-refractivity contribution in [2.45, 2.75) is 10.8 Å². The molecule has 0 amide bonds. The van der Waals surface area contributed by atoms with Gasteiger partial charge in [-0.25, -0.2) is 13.4 Å². The van der Waals surface area contributed by atoms with E-state index in [0.717, 1.165) is 15.6 Å². The van der Waals surface area contributed by atoms with Gasteiger partial charge in [0.1, 0.15) is 0 Å². The molecule has 5 nitrogen and oxygen atoms in total. The Morgan fingerprint density at radius 2 is 2.05 bits per heavy atom. The summed E-state index contributed by atoms with van der Waals surface area (Å²) >= 11 is 3.29. The van der Waals surface area contributed by atoms with Crippen LogP contribution in [0.5, 0.6) is 0 Å². The molecule has 1 fully saturated rings. The molecular formula is C14H18N2O3S3. The highest BCUT2D eigenvalue weighted by Gasteiger charge is 2.23. The summed E-state index contributed by atoms with van der Waals surface area (Å²) in [7, 11) is -3.14. The summed E-state index contributed by atoms with van der Waals surface area (Å²) in [6.07, 6.45) is 0.639. The number of hydrogen-bond acceptors (Lipinski definition) is 6. The third-order valence-corrected chi connectivity index (χ3v) is 7.63. The van der Waals surface area contributed by atoms with Gasteiger partial charge in [0.2, 0.25) is 10.0 Å². The number of nitrogens with zero attached hydrogens (tertiary/aromatic N) is 2. The van der Waals surface area contributed by atoms with E-state index in [2.05, 4.69) is 11.1 Å². The van der Waals surface area contributed by atoms with Crippen LogP contribution in [0.2, 0.25) is 0 Å². The molecule has 8 heteroatoms. The van der Waals surface area contributed by atoms with Crippen molar-refractivity contribution >= 4 is 43.3 Å². The highest BCUT2D eigenvalue weighted by atomic mass is 32.2. The fourth-order valence-electron chi connectivity index (χ4n) is 2.27. The molecule has 0 radical (unpaired) electrons. The van der Waals surface area contributed by atoms with Crippen molar-refractivity contribution in [3.8, 4) is 0 Å². The number of benzene rings is 1. The van der Waals surface area contributed by atoms with Crippen LogP contribution >= 0.6 is 23.1 Å². The molecule has 0 N–H and O–H groups in total. The van der Waals surface area contributed by atoms with Crippen molar-refractivity contribution in [3.63, 3.8) is 0 Å². The lowest BCUT2D eigenvalue weighted by atomic mass is 10.3. The smallest absolute Gasteiger partial charge is 0.214 e. The van der Waals surface area contributed by atoms with Crippen molar-refractivity contribution < 1.29 is 13.2 Å². The van der Waals surface area contributed by atoms with Gasteiger partial charge in [-0.2, -0.15) is 4.31 Å². The molecule has 1 aliphatic heterocycles. The van der Waals surface area contributed by atoms with E-state index in [9.17, 15) is 8.42 Å². The summed E-state index contributed by atoms with van der Waals surface area (Å²) in [6, 6.07) is 8.04. The first-order valence-electron chi connectivity index (χ1n) is 7.19. The number of rotatable bonds is 6. The normalized spacial score (nSPS) is 17.1. The van der Waals surface area contributed by atoms with Crippen LogP contribution in [0.1, 0.15) is 6.42 Å². The van der Waals surface area contributed by atoms with Crippen LogP contribution in [0.4, 0.5) is 0 Å². The van der Waals surface area contributed by atoms with Gasteiger partial charge in [-0.15, -0.1) is 11.3 Å². The Balaban J connectivity index is 1.48. The molecule has 0 saturated carbocycles. The van der Waals surface area contributed by atoms with Crippen LogP contribution in [0.15, 0.2) is 28.6 Å². The molecule has 2 heterocycles. The predicted octanol–water partition coefficient (Wildman–Crippen LogP) is 2.44. The largest absolute Gasteiger partial charge is 0.379 e. The zero-order valence-corrected chi connectivity index (χ0v) is 14.6. The third-order valence-electron chi connectivity index (χ3n) is 3.41. The van der Waals surface area contributed by atoms with Crippen LogP contribution in [-0.2, 0) is 14.8 Å². The summed E-state index contributed by atoms with van der Waals surface area (Å²) < 4.78 is 33.3. The number of thioether (sulfide) groups is 1. The zero-order valence-electron chi connectivity index (χ0n) is 12.1. The Labute approximate surface area is 138 Å². The van der Waals surface area contributed by atoms with Crippen molar-refractivity contribution in [1.29, 1.82) is 0 Å². The minimum absolute atomic E-state index is 0.199. The van der Waals surface area contributed by atoms with Crippen LogP contribution in [0.3, 0.4) is 0 Å². The number of aromatic nitrogens is 1. The van der Waals surface area contributed by atoms with Gasteiger partial charge >= 0.3 is 0 Å². The first kappa shape index (κ1) is 16.2. The summed E-state index contributed by atoms with van der Waals surface area (Å²) in [5.41, 5.74) is 1.01. The summed E-state index contributed by atoms with van der Waals surface area (Å²) in [6.45, 7) is 1.96. The summed E-state index contributed by atoms with van der Waals surface area (Å²) in [4.78, 5) is 4.54. The lowest BCUT2D eigenvalue weighted by Gasteiger charge is -2.25. The number of morpholine rings is 1.